The fourth-order valence-corrected chi connectivity index (χ4v) is 1.44. The SMILES string of the molecule is Cc1c(Br)cccc1CC(N)=O. The largest absolute Gasteiger partial charge is 0.369 e. The predicted molar refractivity (Wildman–Crippen MR) is 51.8 cm³/mol. The summed E-state index contributed by atoms with van der Waals surface area (Å²) < 4.78 is 1.02. The molecule has 0 radical (unpaired) electrons. The van der Waals surface area contributed by atoms with E-state index in [2.05, 4.69) is 15.9 Å². The van der Waals surface area contributed by atoms with Crippen LogP contribution in [-0.2, 0) is 11.2 Å². The van der Waals surface area contributed by atoms with Gasteiger partial charge in [0.05, 0.1) is 6.42 Å². The van der Waals surface area contributed by atoms with E-state index in [1.54, 1.807) is 0 Å². The van der Waals surface area contributed by atoms with Crippen LogP contribution in [0.1, 0.15) is 11.1 Å². The van der Waals surface area contributed by atoms with Gasteiger partial charge in [0.15, 0.2) is 0 Å². The van der Waals surface area contributed by atoms with Gasteiger partial charge in [-0.25, -0.2) is 0 Å². The van der Waals surface area contributed by atoms with Crippen molar-refractivity contribution in [3.05, 3.63) is 33.8 Å². The van der Waals surface area contributed by atoms with E-state index in [0.29, 0.717) is 6.42 Å². The zero-order valence-corrected chi connectivity index (χ0v) is 8.39. The Labute approximate surface area is 79.9 Å². The average Bonchev–Trinajstić information content (AvgIpc) is 1.98. The Hall–Kier alpha value is -0.830. The molecule has 3 heteroatoms. The Morgan fingerprint density at radius 1 is 1.58 bits per heavy atom. The van der Waals surface area contributed by atoms with E-state index in [1.165, 1.54) is 0 Å². The first-order valence-corrected chi connectivity index (χ1v) is 4.43. The molecule has 2 nitrogen and oxygen atoms in total. The first kappa shape index (κ1) is 9.26. The van der Waals surface area contributed by atoms with Crippen molar-refractivity contribution in [1.29, 1.82) is 0 Å². The minimum Gasteiger partial charge on any atom is -0.369 e. The summed E-state index contributed by atoms with van der Waals surface area (Å²) in [5.41, 5.74) is 7.15. The number of hydrogen-bond acceptors (Lipinski definition) is 1. The fourth-order valence-electron chi connectivity index (χ4n) is 1.03. The minimum absolute atomic E-state index is 0.295. The van der Waals surface area contributed by atoms with Crippen molar-refractivity contribution in [1.82, 2.24) is 0 Å². The molecule has 0 unspecified atom stereocenters. The van der Waals surface area contributed by atoms with Gasteiger partial charge < -0.3 is 5.73 Å². The van der Waals surface area contributed by atoms with Crippen LogP contribution in [0.25, 0.3) is 0 Å². The molecule has 0 atom stereocenters. The average molecular weight is 228 g/mol. The topological polar surface area (TPSA) is 43.1 Å². The van der Waals surface area contributed by atoms with Crippen LogP contribution in [0.5, 0.6) is 0 Å². The Balaban J connectivity index is 3.00. The summed E-state index contributed by atoms with van der Waals surface area (Å²) in [4.78, 5) is 10.6. The molecule has 0 aliphatic carbocycles. The second-order valence-electron chi connectivity index (χ2n) is 2.67. The highest BCUT2D eigenvalue weighted by Crippen LogP contribution is 2.19. The summed E-state index contributed by atoms with van der Waals surface area (Å²) in [6, 6.07) is 5.75. The Morgan fingerprint density at radius 2 is 2.25 bits per heavy atom. The quantitative estimate of drug-likeness (QED) is 0.823. The van der Waals surface area contributed by atoms with Crippen LogP contribution in [0.15, 0.2) is 22.7 Å². The molecule has 1 amide bonds. The number of benzene rings is 1. The first-order chi connectivity index (χ1) is 5.61. The lowest BCUT2D eigenvalue weighted by atomic mass is 10.1. The maximum atomic E-state index is 10.6. The van der Waals surface area contributed by atoms with Crippen molar-refractivity contribution in [2.75, 3.05) is 0 Å². The minimum atomic E-state index is -0.295. The highest BCUT2D eigenvalue weighted by Gasteiger charge is 2.03. The van der Waals surface area contributed by atoms with Crippen molar-refractivity contribution in [3.8, 4) is 0 Å². The molecule has 1 rings (SSSR count). The Kier molecular flexibility index (Phi) is 2.87. The van der Waals surface area contributed by atoms with E-state index in [4.69, 9.17) is 5.73 Å². The summed E-state index contributed by atoms with van der Waals surface area (Å²) in [7, 11) is 0. The number of rotatable bonds is 2. The summed E-state index contributed by atoms with van der Waals surface area (Å²) in [5, 5.41) is 0. The second kappa shape index (κ2) is 3.72. The number of amides is 1. The van der Waals surface area contributed by atoms with Gasteiger partial charge in [0.25, 0.3) is 0 Å². The maximum Gasteiger partial charge on any atom is 0.221 e. The summed E-state index contributed by atoms with van der Waals surface area (Å²) in [6.07, 6.45) is 0.311. The van der Waals surface area contributed by atoms with Crippen LogP contribution in [0.3, 0.4) is 0 Å². The van der Waals surface area contributed by atoms with Gasteiger partial charge in [0.2, 0.25) is 5.91 Å². The molecule has 1 aromatic rings. The van der Waals surface area contributed by atoms with Crippen LogP contribution in [0, 0.1) is 6.92 Å². The molecule has 0 saturated carbocycles. The van der Waals surface area contributed by atoms with Crippen LogP contribution in [-0.4, -0.2) is 5.91 Å². The van der Waals surface area contributed by atoms with Crippen LogP contribution in [0.4, 0.5) is 0 Å². The van der Waals surface area contributed by atoms with E-state index in [-0.39, 0.29) is 5.91 Å². The first-order valence-electron chi connectivity index (χ1n) is 3.63. The van der Waals surface area contributed by atoms with Crippen molar-refractivity contribution in [2.45, 2.75) is 13.3 Å². The molecule has 0 aliphatic heterocycles. The van der Waals surface area contributed by atoms with Crippen molar-refractivity contribution < 1.29 is 4.79 Å². The third-order valence-corrected chi connectivity index (χ3v) is 2.60. The van der Waals surface area contributed by atoms with E-state index >= 15 is 0 Å². The molecule has 0 aliphatic rings. The van der Waals surface area contributed by atoms with Crippen molar-refractivity contribution in [3.63, 3.8) is 0 Å². The molecule has 1 aromatic carbocycles. The molecule has 0 saturated heterocycles. The van der Waals surface area contributed by atoms with Crippen LogP contribution >= 0.6 is 15.9 Å². The molecule has 64 valence electrons. The number of halogens is 1. The summed E-state index contributed by atoms with van der Waals surface area (Å²) in [6.45, 7) is 1.96. The number of nitrogens with two attached hydrogens (primary N) is 1. The van der Waals surface area contributed by atoms with Gasteiger partial charge in [0, 0.05) is 4.47 Å². The van der Waals surface area contributed by atoms with Gasteiger partial charge in [-0.15, -0.1) is 0 Å². The number of carbonyl (C=O) groups excluding carboxylic acids is 1. The Morgan fingerprint density at radius 3 is 2.83 bits per heavy atom. The molecule has 0 aromatic heterocycles. The molecular formula is C9H10BrNO. The normalized spacial score (nSPS) is 9.83. The van der Waals surface area contributed by atoms with E-state index in [1.807, 2.05) is 25.1 Å². The summed E-state index contributed by atoms with van der Waals surface area (Å²) in [5.74, 6) is -0.295. The number of primary amides is 1. The molecular weight excluding hydrogens is 218 g/mol. The predicted octanol–water partition coefficient (Wildman–Crippen LogP) is 1.79. The van der Waals surface area contributed by atoms with E-state index in [9.17, 15) is 4.79 Å². The zero-order valence-electron chi connectivity index (χ0n) is 6.80. The molecule has 0 spiro atoms. The molecule has 0 bridgehead atoms. The molecule has 12 heavy (non-hydrogen) atoms. The van der Waals surface area contributed by atoms with Crippen molar-refractivity contribution >= 4 is 21.8 Å². The third-order valence-electron chi connectivity index (χ3n) is 1.74. The Bertz CT molecular complexity index is 309. The summed E-state index contributed by atoms with van der Waals surface area (Å²) >= 11 is 3.38. The lowest BCUT2D eigenvalue weighted by molar-refractivity contribution is -0.117. The third kappa shape index (κ3) is 2.08. The monoisotopic (exact) mass is 227 g/mol. The van der Waals surface area contributed by atoms with E-state index < -0.39 is 0 Å². The van der Waals surface area contributed by atoms with Crippen molar-refractivity contribution in [2.24, 2.45) is 5.73 Å². The molecule has 0 fully saturated rings. The fraction of sp³-hybridized carbons (Fsp3) is 0.222. The van der Waals surface area contributed by atoms with Gasteiger partial charge in [-0.2, -0.15) is 0 Å². The van der Waals surface area contributed by atoms with Crippen LogP contribution < -0.4 is 5.73 Å². The second-order valence-corrected chi connectivity index (χ2v) is 3.52. The van der Waals surface area contributed by atoms with Crippen LogP contribution in [0.2, 0.25) is 0 Å². The van der Waals surface area contributed by atoms with E-state index in [0.717, 1.165) is 15.6 Å². The number of hydrogen-bond donors (Lipinski definition) is 1. The van der Waals surface area contributed by atoms with Gasteiger partial charge in [-0.3, -0.25) is 4.79 Å². The lowest BCUT2D eigenvalue weighted by Crippen LogP contribution is -2.14. The molecule has 2 N–H and O–H groups in total. The number of carbonyl (C=O) groups is 1. The van der Waals surface area contributed by atoms with Gasteiger partial charge in [0.1, 0.15) is 0 Å². The highest BCUT2D eigenvalue weighted by atomic mass is 79.9. The lowest BCUT2D eigenvalue weighted by Gasteiger charge is -2.04. The standard InChI is InChI=1S/C9H10BrNO/c1-6-7(5-9(11)12)3-2-4-8(6)10/h2-4H,5H2,1H3,(H2,11,12). The highest BCUT2D eigenvalue weighted by molar-refractivity contribution is 9.10. The molecule has 0 heterocycles. The maximum absolute atomic E-state index is 10.6. The van der Waals surface area contributed by atoms with Gasteiger partial charge in [-0.05, 0) is 24.1 Å². The van der Waals surface area contributed by atoms with Gasteiger partial charge in [-0.1, -0.05) is 28.1 Å². The smallest absolute Gasteiger partial charge is 0.221 e. The zero-order chi connectivity index (χ0) is 9.14. The van der Waals surface area contributed by atoms with Gasteiger partial charge >= 0.3 is 0 Å².